The molecule has 1 atom stereocenters. The van der Waals surface area contributed by atoms with Gasteiger partial charge < -0.3 is 9.84 Å². The zero-order valence-corrected chi connectivity index (χ0v) is 15.1. The molecule has 25 heavy (non-hydrogen) atoms. The highest BCUT2D eigenvalue weighted by atomic mass is 79.9. The second-order valence-electron chi connectivity index (χ2n) is 5.81. The molecular formula is C17H12BrClF2N2O2. The molecule has 1 N–H and O–H groups in total. The molecule has 1 aliphatic heterocycles. The third-order valence-corrected chi connectivity index (χ3v) is 5.25. The van der Waals surface area contributed by atoms with Crippen molar-refractivity contribution >= 4 is 38.6 Å². The highest BCUT2D eigenvalue weighted by molar-refractivity contribution is 9.10. The van der Waals surface area contributed by atoms with Gasteiger partial charge in [-0.1, -0.05) is 39.7 Å². The average molecular weight is 430 g/mol. The highest BCUT2D eigenvalue weighted by Crippen LogP contribution is 2.44. The Morgan fingerprint density at radius 2 is 2.12 bits per heavy atom. The van der Waals surface area contributed by atoms with Crippen molar-refractivity contribution in [2.75, 3.05) is 0 Å². The molecule has 0 saturated carbocycles. The quantitative estimate of drug-likeness (QED) is 0.657. The van der Waals surface area contributed by atoms with E-state index in [1.165, 1.54) is 12.1 Å². The van der Waals surface area contributed by atoms with Crippen LogP contribution in [0.25, 0.3) is 11.0 Å². The molecule has 0 aliphatic carbocycles. The molecule has 0 amide bonds. The largest absolute Gasteiger partial charge is 0.433 e. The number of rotatable bonds is 3. The Labute approximate surface area is 155 Å². The van der Waals surface area contributed by atoms with Gasteiger partial charge >= 0.3 is 6.61 Å². The summed E-state index contributed by atoms with van der Waals surface area (Å²) in [6.07, 6.45) is 0.884. The molecule has 4 rings (SSSR count). The van der Waals surface area contributed by atoms with Crippen molar-refractivity contribution in [2.24, 2.45) is 0 Å². The molecule has 8 heteroatoms. The Morgan fingerprint density at radius 3 is 2.88 bits per heavy atom. The Bertz CT molecular complexity index is 979. The molecule has 0 fully saturated rings. The van der Waals surface area contributed by atoms with E-state index in [1.807, 2.05) is 18.2 Å². The summed E-state index contributed by atoms with van der Waals surface area (Å²) in [5, 5.41) is 11.4. The lowest BCUT2D eigenvalue weighted by Crippen LogP contribution is -2.31. The molecule has 3 aromatic rings. The minimum absolute atomic E-state index is 0.0324. The monoisotopic (exact) mass is 428 g/mol. The van der Waals surface area contributed by atoms with Crippen molar-refractivity contribution in [2.45, 2.75) is 25.2 Å². The van der Waals surface area contributed by atoms with Gasteiger partial charge in [0.15, 0.2) is 5.72 Å². The van der Waals surface area contributed by atoms with Gasteiger partial charge in [-0.25, -0.2) is 4.98 Å². The van der Waals surface area contributed by atoms with Crippen LogP contribution in [0.3, 0.4) is 0 Å². The fourth-order valence-corrected chi connectivity index (χ4v) is 4.01. The predicted octanol–water partition coefficient (Wildman–Crippen LogP) is 4.69. The van der Waals surface area contributed by atoms with Crippen LogP contribution in [0.15, 0.2) is 40.9 Å². The molecule has 0 radical (unpaired) electrons. The van der Waals surface area contributed by atoms with Crippen LogP contribution in [0.5, 0.6) is 5.75 Å². The first-order chi connectivity index (χ1) is 11.9. The maximum atomic E-state index is 12.6. The Hall–Kier alpha value is -1.70. The van der Waals surface area contributed by atoms with Crippen LogP contribution in [-0.2, 0) is 12.1 Å². The minimum atomic E-state index is -2.99. The molecule has 1 aliphatic rings. The Morgan fingerprint density at radius 1 is 1.32 bits per heavy atom. The lowest BCUT2D eigenvalue weighted by Gasteiger charge is -2.28. The van der Waals surface area contributed by atoms with E-state index in [-0.39, 0.29) is 10.8 Å². The molecular weight excluding hydrogens is 418 g/mol. The summed E-state index contributed by atoms with van der Waals surface area (Å²) in [6, 6.07) is 10.1. The van der Waals surface area contributed by atoms with Crippen LogP contribution in [0, 0.1) is 0 Å². The second-order valence-corrected chi connectivity index (χ2v) is 7.10. The van der Waals surface area contributed by atoms with Gasteiger partial charge in [0.2, 0.25) is 0 Å². The van der Waals surface area contributed by atoms with Gasteiger partial charge in [0.05, 0.1) is 16.1 Å². The highest BCUT2D eigenvalue weighted by Gasteiger charge is 2.42. The van der Waals surface area contributed by atoms with Gasteiger partial charge in [0.1, 0.15) is 11.6 Å². The number of benzene rings is 2. The van der Waals surface area contributed by atoms with Crippen molar-refractivity contribution < 1.29 is 18.6 Å². The topological polar surface area (TPSA) is 47.3 Å². The van der Waals surface area contributed by atoms with Gasteiger partial charge in [-0.05, 0) is 24.3 Å². The van der Waals surface area contributed by atoms with Gasteiger partial charge in [-0.15, -0.1) is 0 Å². The van der Waals surface area contributed by atoms with Crippen LogP contribution in [0.1, 0.15) is 17.8 Å². The van der Waals surface area contributed by atoms with E-state index < -0.39 is 12.3 Å². The number of aromatic nitrogens is 2. The Balaban J connectivity index is 1.91. The third kappa shape index (κ3) is 2.61. The van der Waals surface area contributed by atoms with Crippen LogP contribution < -0.4 is 4.74 Å². The van der Waals surface area contributed by atoms with E-state index in [9.17, 15) is 13.9 Å². The lowest BCUT2D eigenvalue weighted by molar-refractivity contribution is -0.0503. The van der Waals surface area contributed by atoms with Crippen LogP contribution in [0.2, 0.25) is 5.02 Å². The van der Waals surface area contributed by atoms with Gasteiger partial charge in [0, 0.05) is 22.9 Å². The second kappa shape index (κ2) is 5.93. The number of hydrogen-bond acceptors (Lipinski definition) is 3. The molecule has 0 spiro atoms. The van der Waals surface area contributed by atoms with E-state index in [4.69, 9.17) is 11.6 Å². The molecule has 0 bridgehead atoms. The number of alkyl halides is 2. The van der Waals surface area contributed by atoms with Gasteiger partial charge in [-0.2, -0.15) is 8.78 Å². The first-order valence-electron chi connectivity index (χ1n) is 7.54. The normalized spacial score (nSPS) is 19.6. The first kappa shape index (κ1) is 16.8. The molecule has 1 unspecified atom stereocenters. The summed E-state index contributed by atoms with van der Waals surface area (Å²) in [4.78, 5) is 4.54. The Kier molecular flexibility index (Phi) is 3.97. The average Bonchev–Trinajstić information content (AvgIpc) is 3.07. The summed E-state index contributed by atoms with van der Waals surface area (Å²) in [6.45, 7) is -2.99. The zero-order chi connectivity index (χ0) is 17.8. The fraction of sp³-hybridized carbons (Fsp3) is 0.235. The van der Waals surface area contributed by atoms with Crippen molar-refractivity contribution in [1.82, 2.24) is 9.55 Å². The summed E-state index contributed by atoms with van der Waals surface area (Å²) in [5.74, 6) is 0.550. The summed E-state index contributed by atoms with van der Waals surface area (Å²) < 4.78 is 32.2. The number of hydrogen-bond donors (Lipinski definition) is 1. The smallest absolute Gasteiger partial charge is 0.387 e. The summed E-state index contributed by atoms with van der Waals surface area (Å²) in [5.41, 5.74) is 0.307. The fourth-order valence-electron chi connectivity index (χ4n) is 3.34. The van der Waals surface area contributed by atoms with Crippen molar-refractivity contribution in [3.05, 3.63) is 57.3 Å². The molecule has 4 nitrogen and oxygen atoms in total. The van der Waals surface area contributed by atoms with E-state index in [2.05, 4.69) is 25.7 Å². The number of aryl methyl sites for hydroxylation is 1. The predicted molar refractivity (Wildman–Crippen MR) is 93.1 cm³/mol. The zero-order valence-electron chi connectivity index (χ0n) is 12.7. The maximum absolute atomic E-state index is 12.6. The molecule has 2 aromatic carbocycles. The van der Waals surface area contributed by atoms with Crippen LogP contribution in [0.4, 0.5) is 8.78 Å². The van der Waals surface area contributed by atoms with E-state index in [0.717, 1.165) is 15.5 Å². The number of fused-ring (bicyclic) bond motifs is 3. The minimum Gasteiger partial charge on any atom is -0.433 e. The molecule has 1 aromatic heterocycles. The molecule has 0 saturated heterocycles. The lowest BCUT2D eigenvalue weighted by atomic mass is 9.99. The molecule has 2 heterocycles. The summed E-state index contributed by atoms with van der Waals surface area (Å²) in [7, 11) is 0. The van der Waals surface area contributed by atoms with Gasteiger partial charge in [0.25, 0.3) is 0 Å². The number of halogens is 4. The van der Waals surface area contributed by atoms with Crippen molar-refractivity contribution in [3.8, 4) is 5.75 Å². The number of aliphatic hydroxyl groups is 1. The number of ether oxygens (including phenoxy) is 1. The number of nitrogens with zero attached hydrogens (tertiary/aromatic N) is 2. The summed E-state index contributed by atoms with van der Waals surface area (Å²) >= 11 is 9.70. The van der Waals surface area contributed by atoms with Gasteiger partial charge in [-0.3, -0.25) is 4.57 Å². The maximum Gasteiger partial charge on any atom is 0.387 e. The van der Waals surface area contributed by atoms with E-state index >= 15 is 0 Å². The van der Waals surface area contributed by atoms with Crippen molar-refractivity contribution in [3.63, 3.8) is 0 Å². The van der Waals surface area contributed by atoms with Crippen molar-refractivity contribution in [1.29, 1.82) is 0 Å². The van der Waals surface area contributed by atoms with E-state index in [1.54, 1.807) is 10.6 Å². The SMILES string of the molecule is OC1(c2cccc(OC(F)F)c2Cl)CCc2nc3ccc(Br)cc3n21. The first-order valence-corrected chi connectivity index (χ1v) is 8.71. The van der Waals surface area contributed by atoms with Crippen LogP contribution in [-0.4, -0.2) is 21.3 Å². The molecule has 130 valence electrons. The van der Waals surface area contributed by atoms with Crippen LogP contribution >= 0.6 is 27.5 Å². The standard InChI is InChI=1S/C17H12BrClF2N2O2/c18-9-4-5-11-12(8-9)23-14(22-11)6-7-17(23,24)10-2-1-3-13(15(10)19)25-16(20)21/h1-5,8,16,24H,6-7H2. The van der Waals surface area contributed by atoms with E-state index in [0.29, 0.717) is 24.2 Å². The number of imidazole rings is 1. The third-order valence-electron chi connectivity index (χ3n) is 4.36.